The third-order valence-corrected chi connectivity index (χ3v) is 9.73. The largest absolute Gasteiger partial charge is 0.354 e. The summed E-state index contributed by atoms with van der Waals surface area (Å²) >= 11 is 2.39. The van der Waals surface area contributed by atoms with Gasteiger partial charge in [-0.1, -0.05) is 103 Å². The molecule has 7 aromatic rings. The molecule has 5 heteroatoms. The molecule has 9 rings (SSSR count). The van der Waals surface area contributed by atoms with Crippen LogP contribution in [0.25, 0.3) is 90.9 Å². The highest BCUT2D eigenvalue weighted by atomic mass is 127. The van der Waals surface area contributed by atoms with Crippen LogP contribution < -0.4 is 0 Å². The summed E-state index contributed by atoms with van der Waals surface area (Å²) in [5.74, 6) is 0. The van der Waals surface area contributed by atoms with E-state index in [1.807, 2.05) is 0 Å². The van der Waals surface area contributed by atoms with Gasteiger partial charge >= 0.3 is 0 Å². The van der Waals surface area contributed by atoms with Crippen LogP contribution in [0.15, 0.2) is 140 Å². The van der Waals surface area contributed by atoms with E-state index in [1.54, 1.807) is 0 Å². The van der Waals surface area contributed by atoms with Crippen molar-refractivity contribution < 1.29 is 0 Å². The topological polar surface area (TPSA) is 57.4 Å². The number of aromatic nitrogens is 4. The molecule has 5 heterocycles. The quantitative estimate of drug-likeness (QED) is 0.177. The number of H-pyrrole nitrogens is 2. The Morgan fingerprint density at radius 1 is 0.347 bits per heavy atom. The van der Waals surface area contributed by atoms with Crippen LogP contribution in [0.3, 0.4) is 0 Å². The van der Waals surface area contributed by atoms with Gasteiger partial charge in [0.25, 0.3) is 0 Å². The predicted octanol–water partition coefficient (Wildman–Crippen LogP) is 11.9. The van der Waals surface area contributed by atoms with E-state index in [-0.39, 0.29) is 0 Å². The van der Waals surface area contributed by atoms with Gasteiger partial charge in [0.05, 0.1) is 22.8 Å². The zero-order valence-corrected chi connectivity index (χ0v) is 28.5. The molecule has 0 radical (unpaired) electrons. The molecule has 49 heavy (non-hydrogen) atoms. The number of hydrogen-bond acceptors (Lipinski definition) is 2. The maximum atomic E-state index is 5.38. The SMILES string of the molecule is Ic1cccc(-c2c3nc(c(-c4ccccc4)c4ccc([nH]4)c(-c4ccccc4)c4nc(c(-c5ccccc5)c5ccc2[nH]5)C=C4)C=C3)c1. The molecule has 0 unspecified atom stereocenters. The molecular weight excluding hydrogens is 711 g/mol. The Hall–Kier alpha value is -5.79. The fourth-order valence-electron chi connectivity index (χ4n) is 6.88. The number of fused-ring (bicyclic) bond motifs is 8. The number of nitrogens with one attached hydrogen (secondary N) is 2. The first-order valence-corrected chi connectivity index (χ1v) is 17.4. The lowest BCUT2D eigenvalue weighted by Crippen LogP contribution is -1.89. The van der Waals surface area contributed by atoms with E-state index in [0.29, 0.717) is 0 Å². The van der Waals surface area contributed by atoms with Crippen LogP contribution in [0, 0.1) is 3.57 Å². The van der Waals surface area contributed by atoms with Crippen LogP contribution in [0.2, 0.25) is 0 Å². The average Bonchev–Trinajstić information content (AvgIpc) is 3.97. The minimum atomic E-state index is 0.906. The summed E-state index contributed by atoms with van der Waals surface area (Å²) in [5.41, 5.74) is 16.2. The Labute approximate surface area is 297 Å². The Bertz CT molecular complexity index is 2560. The number of halogens is 1. The highest BCUT2D eigenvalue weighted by Gasteiger charge is 2.18. The van der Waals surface area contributed by atoms with Crippen LogP contribution in [-0.2, 0) is 0 Å². The number of hydrogen-bond donors (Lipinski definition) is 2. The van der Waals surface area contributed by atoms with Crippen molar-refractivity contribution in [2.75, 3.05) is 0 Å². The first kappa shape index (κ1) is 29.4. The van der Waals surface area contributed by atoms with Crippen molar-refractivity contribution in [1.29, 1.82) is 0 Å². The van der Waals surface area contributed by atoms with Gasteiger partial charge in [-0.2, -0.15) is 0 Å². The van der Waals surface area contributed by atoms with E-state index in [1.165, 1.54) is 3.57 Å². The van der Waals surface area contributed by atoms with Crippen LogP contribution >= 0.6 is 22.6 Å². The smallest absolute Gasteiger partial charge is 0.0737 e. The Morgan fingerprint density at radius 3 is 1.02 bits per heavy atom. The fourth-order valence-corrected chi connectivity index (χ4v) is 7.42. The monoisotopic (exact) mass is 740 g/mol. The van der Waals surface area contributed by atoms with E-state index in [2.05, 4.69) is 196 Å². The maximum Gasteiger partial charge on any atom is 0.0737 e. The average molecular weight is 741 g/mol. The molecule has 3 aromatic heterocycles. The van der Waals surface area contributed by atoms with E-state index >= 15 is 0 Å². The summed E-state index contributed by atoms with van der Waals surface area (Å²) in [7, 11) is 0. The van der Waals surface area contributed by atoms with Crippen molar-refractivity contribution in [2.24, 2.45) is 0 Å². The van der Waals surface area contributed by atoms with Gasteiger partial charge in [-0.25, -0.2) is 9.97 Å². The van der Waals surface area contributed by atoms with Gasteiger partial charge in [0.2, 0.25) is 0 Å². The molecule has 4 aromatic carbocycles. The fraction of sp³-hybridized carbons (Fsp3) is 0. The van der Waals surface area contributed by atoms with Crippen LogP contribution in [0.5, 0.6) is 0 Å². The molecule has 2 N–H and O–H groups in total. The molecule has 8 bridgehead atoms. The Morgan fingerprint density at radius 2 is 0.673 bits per heavy atom. The van der Waals surface area contributed by atoms with Gasteiger partial charge in [0.15, 0.2) is 0 Å². The van der Waals surface area contributed by atoms with Gasteiger partial charge in [0.1, 0.15) is 0 Å². The van der Waals surface area contributed by atoms with Gasteiger partial charge in [-0.05, 0) is 106 Å². The van der Waals surface area contributed by atoms with Gasteiger partial charge < -0.3 is 9.97 Å². The minimum Gasteiger partial charge on any atom is -0.354 e. The zero-order valence-electron chi connectivity index (χ0n) is 26.4. The second-order valence-electron chi connectivity index (χ2n) is 12.1. The molecule has 2 aliphatic heterocycles. The second kappa shape index (κ2) is 12.3. The normalized spacial score (nSPS) is 12.0. The molecule has 0 fully saturated rings. The minimum absolute atomic E-state index is 0.906. The molecule has 0 saturated heterocycles. The van der Waals surface area contributed by atoms with Gasteiger partial charge in [0, 0.05) is 47.9 Å². The highest BCUT2D eigenvalue weighted by molar-refractivity contribution is 14.1. The lowest BCUT2D eigenvalue weighted by molar-refractivity contribution is 1.31. The first-order valence-electron chi connectivity index (χ1n) is 16.3. The van der Waals surface area contributed by atoms with E-state index < -0.39 is 0 Å². The summed E-state index contributed by atoms with van der Waals surface area (Å²) in [5, 5.41) is 0. The van der Waals surface area contributed by atoms with E-state index in [4.69, 9.17) is 9.97 Å². The third kappa shape index (κ3) is 5.42. The van der Waals surface area contributed by atoms with Crippen molar-refractivity contribution in [3.63, 3.8) is 0 Å². The zero-order chi connectivity index (χ0) is 32.7. The second-order valence-corrected chi connectivity index (χ2v) is 13.4. The molecule has 0 atom stereocenters. The summed E-state index contributed by atoms with van der Waals surface area (Å²) in [6.07, 6.45) is 8.56. The number of aromatic amines is 2. The van der Waals surface area contributed by atoms with Crippen molar-refractivity contribution in [3.8, 4) is 44.5 Å². The van der Waals surface area contributed by atoms with Crippen LogP contribution in [0.1, 0.15) is 22.8 Å². The van der Waals surface area contributed by atoms with Gasteiger partial charge in [-0.3, -0.25) is 0 Å². The van der Waals surface area contributed by atoms with Gasteiger partial charge in [-0.15, -0.1) is 0 Å². The molecule has 0 spiro atoms. The standard InChI is InChI=1S/C44H29IN4/c45-32-18-10-17-31(27-32)44-39-25-23-37(48-39)42(29-13-6-2-7-14-29)35-21-19-33(46-35)41(28-11-4-1-5-12-28)34-20-22-36(47-34)43(30-15-8-3-9-16-30)38-24-26-40(44)49-38/h1-27,46,49H. The molecule has 0 saturated carbocycles. The van der Waals surface area contributed by atoms with Crippen molar-refractivity contribution in [1.82, 2.24) is 19.9 Å². The molecule has 4 nitrogen and oxygen atoms in total. The lowest BCUT2D eigenvalue weighted by atomic mass is 10.0. The predicted molar refractivity (Wildman–Crippen MR) is 213 cm³/mol. The Balaban J connectivity index is 1.49. The van der Waals surface area contributed by atoms with Crippen molar-refractivity contribution in [3.05, 3.63) is 166 Å². The summed E-state index contributed by atoms with van der Waals surface area (Å²) in [6, 6.07) is 48.8. The van der Waals surface area contributed by atoms with Crippen LogP contribution in [0.4, 0.5) is 0 Å². The van der Waals surface area contributed by atoms with Crippen molar-refractivity contribution >= 4 is 69.0 Å². The summed E-state index contributed by atoms with van der Waals surface area (Å²) < 4.78 is 1.17. The first-order chi connectivity index (χ1) is 24.2. The van der Waals surface area contributed by atoms with Crippen molar-refractivity contribution in [2.45, 2.75) is 0 Å². The number of benzene rings is 4. The highest BCUT2D eigenvalue weighted by Crippen LogP contribution is 2.38. The summed E-state index contributed by atoms with van der Waals surface area (Å²) in [6.45, 7) is 0. The van der Waals surface area contributed by atoms with E-state index in [0.717, 1.165) is 89.4 Å². The third-order valence-electron chi connectivity index (χ3n) is 9.05. The Kier molecular flexibility index (Phi) is 7.39. The molecular formula is C44H29IN4. The maximum absolute atomic E-state index is 5.38. The molecule has 0 aliphatic carbocycles. The molecule has 232 valence electrons. The summed E-state index contributed by atoms with van der Waals surface area (Å²) in [4.78, 5) is 18.4. The molecule has 2 aliphatic rings. The molecule has 0 amide bonds. The lowest BCUT2D eigenvalue weighted by Gasteiger charge is -2.07. The number of rotatable bonds is 4. The van der Waals surface area contributed by atoms with Crippen LogP contribution in [-0.4, -0.2) is 19.9 Å². The van der Waals surface area contributed by atoms with E-state index in [9.17, 15) is 0 Å². The number of nitrogens with zero attached hydrogens (tertiary/aromatic N) is 2.